The number of aliphatic carboxylic acids is 1. The van der Waals surface area contributed by atoms with Crippen LogP contribution in [0.4, 0.5) is 16.2 Å². The molecule has 2 unspecified atom stereocenters. The molecule has 2 amide bonds. The van der Waals surface area contributed by atoms with E-state index in [0.29, 0.717) is 24.5 Å². The maximum Gasteiger partial charge on any atom is 0.412 e. The van der Waals surface area contributed by atoms with Gasteiger partial charge >= 0.3 is 12.1 Å². The Morgan fingerprint density at radius 1 is 0.919 bits per heavy atom. The molecule has 8 nitrogen and oxygen atoms in total. The van der Waals surface area contributed by atoms with E-state index in [4.69, 9.17) is 4.74 Å². The molecule has 1 fully saturated rings. The molecule has 8 heteroatoms. The zero-order valence-electron chi connectivity index (χ0n) is 22.4. The van der Waals surface area contributed by atoms with E-state index in [1.165, 1.54) is 6.08 Å². The van der Waals surface area contributed by atoms with Crippen LogP contribution in [0.2, 0.25) is 0 Å². The summed E-state index contributed by atoms with van der Waals surface area (Å²) < 4.78 is 5.28. The molecule has 3 rings (SSSR count). The van der Waals surface area contributed by atoms with Crippen molar-refractivity contribution in [3.63, 3.8) is 0 Å². The Morgan fingerprint density at radius 2 is 1.51 bits per heavy atom. The predicted octanol–water partition coefficient (Wildman–Crippen LogP) is 5.58. The highest BCUT2D eigenvalue weighted by atomic mass is 16.6. The molecular formula is C29H37N3O5. The lowest BCUT2D eigenvalue weighted by Gasteiger charge is -2.31. The van der Waals surface area contributed by atoms with Gasteiger partial charge in [-0.25, -0.2) is 4.79 Å². The number of nitrogens with one attached hydrogen (secondary N) is 2. The van der Waals surface area contributed by atoms with Crippen LogP contribution < -0.4 is 10.6 Å². The summed E-state index contributed by atoms with van der Waals surface area (Å²) in [5, 5.41) is 15.2. The topological polar surface area (TPSA) is 108 Å². The minimum Gasteiger partial charge on any atom is -0.481 e. The Labute approximate surface area is 218 Å². The number of rotatable bonds is 6. The van der Waals surface area contributed by atoms with E-state index < -0.39 is 23.6 Å². The van der Waals surface area contributed by atoms with Crippen LogP contribution in [0.3, 0.4) is 0 Å². The Hall–Kier alpha value is -3.65. The zero-order chi connectivity index (χ0) is 27.4. The van der Waals surface area contributed by atoms with E-state index in [0.717, 1.165) is 11.1 Å². The SMILES string of the molecule is CC(C)(C)OC(=O)Nc1ccccc1NC(=O)/C=C/c1ccc(C2CN(C(C)(C)C)CC2C(=O)O)cc1. The summed E-state index contributed by atoms with van der Waals surface area (Å²) >= 11 is 0. The third kappa shape index (κ3) is 7.92. The predicted molar refractivity (Wildman–Crippen MR) is 146 cm³/mol. The van der Waals surface area contributed by atoms with Gasteiger partial charge in [-0.15, -0.1) is 0 Å². The van der Waals surface area contributed by atoms with Crippen molar-refractivity contribution in [2.24, 2.45) is 5.92 Å². The Morgan fingerprint density at radius 3 is 2.05 bits per heavy atom. The first-order valence-electron chi connectivity index (χ1n) is 12.4. The molecule has 0 saturated carbocycles. The van der Waals surface area contributed by atoms with Gasteiger partial charge in [0, 0.05) is 30.6 Å². The molecule has 1 heterocycles. The number of benzene rings is 2. The standard InChI is InChI=1S/C29H37N3O5/c1-28(2,3)32-17-21(22(18-32)26(34)35)20-14-11-19(12-15-20)13-16-25(33)30-23-9-7-8-10-24(23)31-27(36)37-29(4,5)6/h7-16,21-22H,17-18H2,1-6H3,(H,30,33)(H,31,36)(H,34,35)/b16-13+. The Kier molecular flexibility index (Phi) is 8.43. The largest absolute Gasteiger partial charge is 0.481 e. The molecular weight excluding hydrogens is 470 g/mol. The normalized spacial score (nSPS) is 18.5. The molecule has 2 aromatic rings. The van der Waals surface area contributed by atoms with E-state index in [1.54, 1.807) is 51.1 Å². The molecule has 0 aliphatic carbocycles. The van der Waals surface area contributed by atoms with Crippen molar-refractivity contribution < 1.29 is 24.2 Å². The van der Waals surface area contributed by atoms with Gasteiger partial charge in [-0.3, -0.25) is 19.8 Å². The number of carboxylic acids is 1. The minimum absolute atomic E-state index is 0.0907. The van der Waals surface area contributed by atoms with Gasteiger partial charge in [0.2, 0.25) is 5.91 Å². The molecule has 198 valence electrons. The van der Waals surface area contributed by atoms with Crippen LogP contribution in [-0.2, 0) is 14.3 Å². The fourth-order valence-electron chi connectivity index (χ4n) is 4.25. The third-order valence-corrected chi connectivity index (χ3v) is 6.20. The molecule has 37 heavy (non-hydrogen) atoms. The highest BCUT2D eigenvalue weighted by Gasteiger charge is 2.41. The highest BCUT2D eigenvalue weighted by molar-refractivity contribution is 6.05. The monoisotopic (exact) mass is 507 g/mol. The van der Waals surface area contributed by atoms with Crippen LogP contribution >= 0.6 is 0 Å². The van der Waals surface area contributed by atoms with Gasteiger partial charge in [-0.1, -0.05) is 36.4 Å². The summed E-state index contributed by atoms with van der Waals surface area (Å²) in [7, 11) is 0. The van der Waals surface area contributed by atoms with Crippen molar-refractivity contribution in [1.29, 1.82) is 0 Å². The minimum atomic E-state index is -0.779. The average molecular weight is 508 g/mol. The van der Waals surface area contributed by atoms with Crippen molar-refractivity contribution >= 4 is 35.4 Å². The Bertz CT molecular complexity index is 1160. The summed E-state index contributed by atoms with van der Waals surface area (Å²) in [4.78, 5) is 38.8. The maximum absolute atomic E-state index is 12.6. The number of ether oxygens (including phenoxy) is 1. The number of anilines is 2. The second kappa shape index (κ2) is 11.2. The molecule has 1 saturated heterocycles. The number of para-hydroxylation sites is 2. The highest BCUT2D eigenvalue weighted by Crippen LogP contribution is 2.36. The fraction of sp³-hybridized carbons (Fsp3) is 0.414. The third-order valence-electron chi connectivity index (χ3n) is 6.20. The molecule has 2 aromatic carbocycles. The summed E-state index contributed by atoms with van der Waals surface area (Å²) in [5.41, 5.74) is 1.93. The van der Waals surface area contributed by atoms with E-state index in [1.807, 2.05) is 24.3 Å². The molecule has 0 radical (unpaired) electrons. The number of carbonyl (C=O) groups excluding carboxylic acids is 2. The van der Waals surface area contributed by atoms with Gasteiger partial charge in [0.05, 0.1) is 17.3 Å². The maximum atomic E-state index is 12.6. The van der Waals surface area contributed by atoms with Gasteiger partial charge in [0.1, 0.15) is 5.60 Å². The van der Waals surface area contributed by atoms with E-state index in [2.05, 4.69) is 36.3 Å². The zero-order valence-corrected chi connectivity index (χ0v) is 22.4. The van der Waals surface area contributed by atoms with Crippen LogP contribution in [-0.4, -0.2) is 52.2 Å². The van der Waals surface area contributed by atoms with Crippen LogP contribution in [0.15, 0.2) is 54.6 Å². The number of carbonyl (C=O) groups is 3. The van der Waals surface area contributed by atoms with Crippen LogP contribution in [0.1, 0.15) is 58.6 Å². The number of nitrogens with zero attached hydrogens (tertiary/aromatic N) is 1. The van der Waals surface area contributed by atoms with E-state index >= 15 is 0 Å². The summed E-state index contributed by atoms with van der Waals surface area (Å²) in [5.74, 6) is -1.68. The molecule has 0 aromatic heterocycles. The van der Waals surface area contributed by atoms with Gasteiger partial charge in [-0.05, 0) is 70.9 Å². The van der Waals surface area contributed by atoms with Gasteiger partial charge in [0.25, 0.3) is 0 Å². The average Bonchev–Trinajstić information content (AvgIpc) is 3.25. The molecule has 3 N–H and O–H groups in total. The van der Waals surface area contributed by atoms with Crippen LogP contribution in [0, 0.1) is 5.92 Å². The van der Waals surface area contributed by atoms with Crippen molar-refractivity contribution in [3.8, 4) is 0 Å². The molecule has 1 aliphatic rings. The quantitative estimate of drug-likeness (QED) is 0.440. The number of hydrogen-bond donors (Lipinski definition) is 3. The summed E-state index contributed by atoms with van der Waals surface area (Å²) in [6.07, 6.45) is 2.49. The van der Waals surface area contributed by atoms with Crippen LogP contribution in [0.25, 0.3) is 6.08 Å². The number of hydrogen-bond acceptors (Lipinski definition) is 5. The van der Waals surface area contributed by atoms with E-state index in [-0.39, 0.29) is 17.4 Å². The van der Waals surface area contributed by atoms with Crippen molar-refractivity contribution in [2.75, 3.05) is 23.7 Å². The van der Waals surface area contributed by atoms with Crippen molar-refractivity contribution in [1.82, 2.24) is 4.90 Å². The molecule has 2 atom stereocenters. The molecule has 0 bridgehead atoms. The first-order valence-corrected chi connectivity index (χ1v) is 12.4. The summed E-state index contributed by atoms with van der Waals surface area (Å²) in [6.45, 7) is 12.8. The van der Waals surface area contributed by atoms with Crippen molar-refractivity contribution in [3.05, 3.63) is 65.7 Å². The van der Waals surface area contributed by atoms with Crippen molar-refractivity contribution in [2.45, 2.75) is 58.6 Å². The lowest BCUT2D eigenvalue weighted by Crippen LogP contribution is -2.40. The second-order valence-corrected chi connectivity index (χ2v) is 11.3. The first kappa shape index (κ1) is 27.9. The fourth-order valence-corrected chi connectivity index (χ4v) is 4.25. The number of amides is 2. The first-order chi connectivity index (χ1) is 17.2. The number of carboxylic acid groups (broad SMARTS) is 1. The molecule has 0 spiro atoms. The second-order valence-electron chi connectivity index (χ2n) is 11.3. The smallest absolute Gasteiger partial charge is 0.412 e. The lowest BCUT2D eigenvalue weighted by atomic mass is 9.88. The van der Waals surface area contributed by atoms with Crippen LogP contribution in [0.5, 0.6) is 0 Å². The summed E-state index contributed by atoms with van der Waals surface area (Å²) in [6, 6.07) is 14.5. The van der Waals surface area contributed by atoms with Gasteiger partial charge in [-0.2, -0.15) is 0 Å². The number of likely N-dealkylation sites (tertiary alicyclic amines) is 1. The van der Waals surface area contributed by atoms with Gasteiger partial charge < -0.3 is 15.2 Å². The molecule has 1 aliphatic heterocycles. The van der Waals surface area contributed by atoms with Gasteiger partial charge in [0.15, 0.2) is 0 Å². The Balaban J connectivity index is 1.65. The van der Waals surface area contributed by atoms with E-state index in [9.17, 15) is 19.5 Å². The lowest BCUT2D eigenvalue weighted by molar-refractivity contribution is -0.141.